The Kier molecular flexibility index (Phi) is 6.90. The van der Waals surface area contributed by atoms with Crippen LogP contribution in [0.1, 0.15) is 0 Å². The molecule has 4 heterocycles. The zero-order chi connectivity index (χ0) is 40.3. The summed E-state index contributed by atoms with van der Waals surface area (Å²) in [5.74, 6) is 0. The molecule has 13 aromatic rings. The number of nitrogens with zero attached hydrogens (tertiary/aromatic N) is 5. The Morgan fingerprint density at radius 3 is 0.869 bits per heavy atom. The molecule has 0 aliphatic carbocycles. The Labute approximate surface area is 347 Å². The van der Waals surface area contributed by atoms with Crippen LogP contribution in [0.25, 0.3) is 110 Å². The zero-order valence-electron chi connectivity index (χ0n) is 32.6. The monoisotopic (exact) mass is 783 g/mol. The maximum absolute atomic E-state index is 13.8. The third-order valence-corrected chi connectivity index (χ3v) is 12.7. The average molecular weight is 784 g/mol. The molecule has 0 aliphatic heterocycles. The summed E-state index contributed by atoms with van der Waals surface area (Å²) in [4.78, 5) is 13.6. The molecule has 0 N–H and O–H groups in total. The van der Waals surface area contributed by atoms with Crippen LogP contribution >= 0.6 is 0 Å². The highest BCUT2D eigenvalue weighted by molar-refractivity contribution is 6.18. The Hall–Kier alpha value is -8.42. The molecule has 4 aromatic heterocycles. The molecule has 0 aliphatic rings. The van der Waals surface area contributed by atoms with Gasteiger partial charge in [0.2, 0.25) is 0 Å². The summed E-state index contributed by atoms with van der Waals surface area (Å²) in [6.07, 6.45) is 0. The minimum absolute atomic E-state index is 0.0253. The van der Waals surface area contributed by atoms with E-state index in [0.717, 1.165) is 77.1 Å². The maximum Gasteiger partial charge on any atom is 0.317 e. The number of nitro groups is 1. The molecule has 0 saturated heterocycles. The van der Waals surface area contributed by atoms with Crippen LogP contribution in [0.3, 0.4) is 0 Å². The molecular formula is C54H33N5O2. The van der Waals surface area contributed by atoms with Crippen LogP contribution in [0.2, 0.25) is 0 Å². The van der Waals surface area contributed by atoms with Crippen LogP contribution in [0, 0.1) is 10.1 Å². The van der Waals surface area contributed by atoms with Crippen molar-refractivity contribution in [1.29, 1.82) is 0 Å². The van der Waals surface area contributed by atoms with E-state index in [1.807, 2.05) is 42.5 Å². The van der Waals surface area contributed by atoms with Gasteiger partial charge in [0.15, 0.2) is 0 Å². The van der Waals surface area contributed by atoms with Gasteiger partial charge in [-0.15, -0.1) is 0 Å². The van der Waals surface area contributed by atoms with Crippen molar-refractivity contribution in [2.45, 2.75) is 0 Å². The van der Waals surface area contributed by atoms with Gasteiger partial charge < -0.3 is 18.3 Å². The van der Waals surface area contributed by atoms with E-state index in [0.29, 0.717) is 11.4 Å². The molecular weight excluding hydrogens is 751 g/mol. The third-order valence-electron chi connectivity index (χ3n) is 12.7. The lowest BCUT2D eigenvalue weighted by molar-refractivity contribution is -0.384. The van der Waals surface area contributed by atoms with E-state index in [4.69, 9.17) is 0 Å². The van der Waals surface area contributed by atoms with Crippen LogP contribution in [-0.4, -0.2) is 23.2 Å². The van der Waals surface area contributed by atoms with Gasteiger partial charge in [0, 0.05) is 43.1 Å². The van der Waals surface area contributed by atoms with Crippen LogP contribution in [-0.2, 0) is 0 Å². The maximum atomic E-state index is 13.8. The van der Waals surface area contributed by atoms with Crippen molar-refractivity contribution < 1.29 is 4.92 Å². The summed E-state index contributed by atoms with van der Waals surface area (Å²) in [6.45, 7) is 0. The highest BCUT2D eigenvalue weighted by atomic mass is 16.6. The van der Waals surface area contributed by atoms with E-state index in [1.54, 1.807) is 0 Å². The van der Waals surface area contributed by atoms with Crippen LogP contribution in [0.4, 0.5) is 5.69 Å². The molecule has 13 rings (SSSR count). The second-order valence-electron chi connectivity index (χ2n) is 15.7. The lowest BCUT2D eigenvalue weighted by Gasteiger charge is -2.15. The van der Waals surface area contributed by atoms with Gasteiger partial charge in [-0.2, -0.15) is 0 Å². The first-order valence-electron chi connectivity index (χ1n) is 20.5. The van der Waals surface area contributed by atoms with E-state index in [1.165, 1.54) is 21.5 Å². The topological polar surface area (TPSA) is 62.9 Å². The lowest BCUT2D eigenvalue weighted by Crippen LogP contribution is -2.06. The summed E-state index contributed by atoms with van der Waals surface area (Å²) in [5, 5.41) is 22.6. The summed E-state index contributed by atoms with van der Waals surface area (Å²) in [6, 6.07) is 68.9. The fraction of sp³-hybridized carbons (Fsp3) is 0. The first kappa shape index (κ1) is 33.5. The molecule has 0 spiro atoms. The molecule has 286 valence electrons. The first-order valence-corrected chi connectivity index (χ1v) is 20.5. The van der Waals surface area contributed by atoms with Gasteiger partial charge in [0.1, 0.15) is 11.4 Å². The number of nitro benzene ring substituents is 1. The van der Waals surface area contributed by atoms with Crippen molar-refractivity contribution in [2.75, 3.05) is 0 Å². The van der Waals surface area contributed by atoms with Crippen molar-refractivity contribution in [2.24, 2.45) is 0 Å². The predicted molar refractivity (Wildman–Crippen MR) is 250 cm³/mol. The van der Waals surface area contributed by atoms with E-state index in [9.17, 15) is 10.1 Å². The molecule has 0 saturated carbocycles. The molecule has 0 unspecified atom stereocenters. The second-order valence-corrected chi connectivity index (χ2v) is 15.7. The van der Waals surface area contributed by atoms with Crippen LogP contribution < -0.4 is 0 Å². The number of hydrogen-bond donors (Lipinski definition) is 0. The minimum atomic E-state index is -0.209. The molecule has 0 radical (unpaired) electrons. The van der Waals surface area contributed by atoms with E-state index < -0.39 is 0 Å². The number of fused-ring (bicyclic) bond motifs is 12. The van der Waals surface area contributed by atoms with Crippen molar-refractivity contribution in [3.8, 4) is 22.7 Å². The van der Waals surface area contributed by atoms with Crippen molar-refractivity contribution >= 4 is 92.9 Å². The van der Waals surface area contributed by atoms with Crippen molar-refractivity contribution in [3.05, 3.63) is 210 Å². The van der Waals surface area contributed by atoms with E-state index in [2.05, 4.69) is 176 Å². The Morgan fingerprint density at radius 2 is 0.525 bits per heavy atom. The number of aromatic nitrogens is 4. The largest absolute Gasteiger partial charge is 0.317 e. The highest BCUT2D eigenvalue weighted by Crippen LogP contribution is 2.45. The number of benzene rings is 9. The normalized spacial score (nSPS) is 12.1. The van der Waals surface area contributed by atoms with E-state index in [-0.39, 0.29) is 10.6 Å². The van der Waals surface area contributed by atoms with Gasteiger partial charge in [-0.05, 0) is 72.8 Å². The number of hydrogen-bond acceptors (Lipinski definition) is 2. The fourth-order valence-electron chi connectivity index (χ4n) is 10.3. The standard InChI is InChI=1S/C54H33N5O2/c60-59(61)54-50(57-44-26-11-5-20-38(44)52-46(28-13-30-48(52)57)55-40-22-7-1-16-34(40)35-17-2-8-23-41(35)55)32-15-33-51(54)58-45-27-12-6-21-39(45)53-47(29-14-31-49(53)58)56-42-24-9-3-18-36(42)37-19-4-10-25-43(37)56/h1-33H. The summed E-state index contributed by atoms with van der Waals surface area (Å²) < 4.78 is 8.84. The summed E-state index contributed by atoms with van der Waals surface area (Å²) in [7, 11) is 0. The highest BCUT2D eigenvalue weighted by Gasteiger charge is 2.29. The van der Waals surface area contributed by atoms with Gasteiger partial charge in [-0.3, -0.25) is 10.1 Å². The number of rotatable bonds is 5. The third kappa shape index (κ3) is 4.51. The molecule has 0 amide bonds. The van der Waals surface area contributed by atoms with Gasteiger partial charge in [0.05, 0.1) is 60.4 Å². The smallest absolute Gasteiger partial charge is 0.309 e. The first-order chi connectivity index (χ1) is 30.2. The molecule has 9 aromatic carbocycles. The minimum Gasteiger partial charge on any atom is -0.309 e. The van der Waals surface area contributed by atoms with Crippen LogP contribution in [0.5, 0.6) is 0 Å². The molecule has 7 nitrogen and oxygen atoms in total. The number of para-hydroxylation sites is 7. The Balaban J connectivity index is 1.11. The van der Waals surface area contributed by atoms with Gasteiger partial charge in [-0.25, -0.2) is 0 Å². The average Bonchev–Trinajstić information content (AvgIpc) is 4.04. The Bertz CT molecular complexity index is 3640. The SMILES string of the molecule is O=[N+]([O-])c1c(-n2c3ccccc3c3c(-n4c5ccccc5c5ccccc54)cccc32)cccc1-n1c2ccccc2c2c(-n3c4ccccc4c4ccccc43)cccc21. The summed E-state index contributed by atoms with van der Waals surface area (Å²) in [5.41, 5.74) is 11.0. The van der Waals surface area contributed by atoms with Gasteiger partial charge >= 0.3 is 5.69 Å². The van der Waals surface area contributed by atoms with E-state index >= 15 is 0 Å². The molecule has 0 bridgehead atoms. The van der Waals surface area contributed by atoms with Crippen LogP contribution in [0.15, 0.2) is 200 Å². The second kappa shape index (κ2) is 12.5. The molecule has 7 heteroatoms. The fourth-order valence-corrected chi connectivity index (χ4v) is 10.3. The summed E-state index contributed by atoms with van der Waals surface area (Å²) >= 11 is 0. The van der Waals surface area contributed by atoms with Crippen molar-refractivity contribution in [3.63, 3.8) is 0 Å². The molecule has 0 atom stereocenters. The Morgan fingerprint density at radius 1 is 0.279 bits per heavy atom. The molecule has 0 fully saturated rings. The quantitative estimate of drug-likeness (QED) is 0.129. The van der Waals surface area contributed by atoms with Gasteiger partial charge in [0.25, 0.3) is 0 Å². The molecule has 61 heavy (non-hydrogen) atoms. The lowest BCUT2D eigenvalue weighted by atomic mass is 10.1. The predicted octanol–water partition coefficient (Wildman–Crippen LogP) is 14.0. The van der Waals surface area contributed by atoms with Crippen molar-refractivity contribution in [1.82, 2.24) is 18.3 Å². The zero-order valence-corrected chi connectivity index (χ0v) is 32.6. The van der Waals surface area contributed by atoms with Gasteiger partial charge in [-0.1, -0.05) is 127 Å².